The Morgan fingerprint density at radius 3 is 1.40 bits per heavy atom. The molecule has 0 N–H and O–H groups in total. The van der Waals surface area contributed by atoms with Crippen LogP contribution in [0.1, 0.15) is 13.8 Å². The van der Waals surface area contributed by atoms with Crippen LogP contribution in [0, 0.1) is 6.92 Å². The average Bonchev–Trinajstić information content (AvgIpc) is 2.38. The molecule has 0 nitrogen and oxygen atoms in total. The molecule has 0 aromatic heterocycles. The van der Waals surface area contributed by atoms with Gasteiger partial charge in [0.25, 0.3) is 0 Å². The van der Waals surface area contributed by atoms with Gasteiger partial charge in [0.05, 0.1) is 0 Å². The van der Waals surface area contributed by atoms with Crippen LogP contribution in [0.2, 0.25) is 0 Å². The first-order chi connectivity index (χ1) is 7.92. The summed E-state index contributed by atoms with van der Waals surface area (Å²) in [4.78, 5) is 0. The number of benzene rings is 2. The smallest absolute Gasteiger partial charge is 1.00 e. The molecule has 0 saturated carbocycles. The summed E-state index contributed by atoms with van der Waals surface area (Å²) in [5.74, 6) is 0. The van der Waals surface area contributed by atoms with Gasteiger partial charge in [0.1, 0.15) is 0 Å². The molecule has 0 aliphatic rings. The maximum absolute atomic E-state index is 3.99. The maximum atomic E-state index is 3.99. The number of hydrogen-bond donors (Lipinski definition) is 0. The van der Waals surface area contributed by atoms with E-state index < -0.39 is 0 Å². The van der Waals surface area contributed by atoms with E-state index in [0.717, 1.165) is 6.42 Å². The van der Waals surface area contributed by atoms with Gasteiger partial charge >= 0.3 is 23.9 Å². The van der Waals surface area contributed by atoms with Crippen LogP contribution in [0.4, 0.5) is 0 Å². The molecule has 0 amide bonds. The quantitative estimate of drug-likeness (QED) is 0.373. The molecule has 0 bridgehead atoms. The van der Waals surface area contributed by atoms with E-state index in [1.165, 1.54) is 16.8 Å². The van der Waals surface area contributed by atoms with Gasteiger partial charge in [0.15, 0.2) is 0 Å². The molecule has 107 valence electrons. The van der Waals surface area contributed by atoms with E-state index >= 15 is 0 Å². The van der Waals surface area contributed by atoms with Gasteiger partial charge in [0.2, 0.25) is 0 Å². The maximum Gasteiger partial charge on any atom is 2.00 e. The Hall–Kier alpha value is 0.249. The molecule has 0 heterocycles. The van der Waals surface area contributed by atoms with Crippen molar-refractivity contribution in [2.75, 3.05) is 6.16 Å². The molecular formula is C16H20Cl2PSn. The van der Waals surface area contributed by atoms with Gasteiger partial charge < -0.3 is 24.8 Å². The van der Waals surface area contributed by atoms with Crippen molar-refractivity contribution in [3.05, 3.63) is 67.6 Å². The number of rotatable bonds is 4. The van der Waals surface area contributed by atoms with Gasteiger partial charge in [-0.15, -0.1) is 0 Å². The third-order valence-corrected chi connectivity index (χ3v) is 5.12. The predicted octanol–water partition coefficient (Wildman–Crippen LogP) is -2.39. The second-order valence-corrected chi connectivity index (χ2v) is 6.01. The molecular weight excluding hydrogens is 413 g/mol. The van der Waals surface area contributed by atoms with Crippen LogP contribution in [0.25, 0.3) is 0 Å². The zero-order chi connectivity index (χ0) is 11.2. The van der Waals surface area contributed by atoms with E-state index in [-0.39, 0.29) is 64.1 Å². The zero-order valence-corrected chi connectivity index (χ0v) is 15.9. The van der Waals surface area contributed by atoms with Gasteiger partial charge in [0, 0.05) is 0 Å². The molecule has 0 fully saturated rings. The molecule has 0 saturated heterocycles. The Kier molecular flexibility index (Phi) is 17.9. The molecule has 0 aliphatic carbocycles. The normalized spacial score (nSPS) is 8.50. The number of hydrogen-bond acceptors (Lipinski definition) is 0. The van der Waals surface area contributed by atoms with Crippen molar-refractivity contribution < 1.29 is 24.8 Å². The van der Waals surface area contributed by atoms with Crippen LogP contribution in [0.15, 0.2) is 60.7 Å². The first-order valence-electron chi connectivity index (χ1n) is 5.58. The van der Waals surface area contributed by atoms with Crippen molar-refractivity contribution in [3.8, 4) is 0 Å². The van der Waals surface area contributed by atoms with Crippen LogP contribution in [-0.2, 0) is 0 Å². The fraction of sp³-hybridized carbons (Fsp3) is 0.188. The minimum Gasteiger partial charge on any atom is -1.00 e. The molecule has 2 aromatic rings. The SMILES string of the molecule is C.[CH2]CCP(c1ccccc1)c1ccccc1.[Cl-].[Cl-].[Sn+2]. The summed E-state index contributed by atoms with van der Waals surface area (Å²) < 4.78 is 0. The van der Waals surface area contributed by atoms with Crippen molar-refractivity contribution in [1.82, 2.24) is 0 Å². The van der Waals surface area contributed by atoms with Gasteiger partial charge in [-0.3, -0.25) is 0 Å². The second-order valence-electron chi connectivity index (χ2n) is 3.68. The molecule has 4 heteroatoms. The third kappa shape index (κ3) is 7.31. The average molecular weight is 433 g/mol. The summed E-state index contributed by atoms with van der Waals surface area (Å²) in [6.45, 7) is 3.99. The van der Waals surface area contributed by atoms with Crippen LogP contribution in [0.5, 0.6) is 0 Å². The Morgan fingerprint density at radius 2 is 1.10 bits per heavy atom. The molecule has 2 rings (SSSR count). The van der Waals surface area contributed by atoms with Crippen LogP contribution in [0.3, 0.4) is 0 Å². The minimum atomic E-state index is -0.213. The topological polar surface area (TPSA) is 0 Å². The van der Waals surface area contributed by atoms with Gasteiger partial charge in [-0.2, -0.15) is 0 Å². The van der Waals surface area contributed by atoms with E-state index in [4.69, 9.17) is 0 Å². The summed E-state index contributed by atoms with van der Waals surface area (Å²) in [7, 11) is -0.213. The van der Waals surface area contributed by atoms with Crippen molar-refractivity contribution >= 4 is 42.4 Å². The Balaban J connectivity index is -0.000000722. The minimum absolute atomic E-state index is 0. The summed E-state index contributed by atoms with van der Waals surface area (Å²) in [5.41, 5.74) is 0. The summed E-state index contributed by atoms with van der Waals surface area (Å²) >= 11 is 0. The second kappa shape index (κ2) is 14.2. The molecule has 0 aliphatic heterocycles. The molecule has 20 heavy (non-hydrogen) atoms. The van der Waals surface area contributed by atoms with Crippen molar-refractivity contribution in [2.45, 2.75) is 13.8 Å². The van der Waals surface area contributed by atoms with Gasteiger partial charge in [-0.25, -0.2) is 0 Å². The predicted molar refractivity (Wildman–Crippen MR) is 86.4 cm³/mol. The first-order valence-corrected chi connectivity index (χ1v) is 7.11. The Morgan fingerprint density at radius 1 is 0.750 bits per heavy atom. The largest absolute Gasteiger partial charge is 2.00 e. The molecule has 0 spiro atoms. The van der Waals surface area contributed by atoms with E-state index in [9.17, 15) is 0 Å². The summed E-state index contributed by atoms with van der Waals surface area (Å²) in [6, 6.07) is 21.6. The monoisotopic (exact) mass is 433 g/mol. The fourth-order valence-electron chi connectivity index (χ4n) is 1.78. The Labute approximate surface area is 154 Å². The van der Waals surface area contributed by atoms with Crippen molar-refractivity contribution in [2.24, 2.45) is 0 Å². The molecule has 2 aromatic carbocycles. The zero-order valence-electron chi connectivity index (χ0n) is 10.6. The van der Waals surface area contributed by atoms with E-state index in [1.807, 2.05) is 0 Å². The van der Waals surface area contributed by atoms with Crippen molar-refractivity contribution in [3.63, 3.8) is 0 Å². The summed E-state index contributed by atoms with van der Waals surface area (Å²) in [6.07, 6.45) is 2.17. The number of halogens is 2. The van der Waals surface area contributed by atoms with Gasteiger partial charge in [-0.1, -0.05) is 75.0 Å². The third-order valence-electron chi connectivity index (χ3n) is 2.52. The molecule has 0 atom stereocenters. The summed E-state index contributed by atoms with van der Waals surface area (Å²) in [5, 5.41) is 2.90. The van der Waals surface area contributed by atoms with Gasteiger partial charge in [-0.05, 0) is 31.1 Å². The standard InChI is InChI=1S/C15H16P.CH4.2ClH.Sn/c1-2-13-16(14-9-5-3-6-10-14)15-11-7-4-8-12-15;;;;/h3-12H,1-2,13H2;1H4;2*1H;/q;;;;+2/p-2. The Bertz CT molecular complexity index is 384. The molecule has 0 unspecified atom stereocenters. The first kappa shape index (κ1) is 25.2. The van der Waals surface area contributed by atoms with Crippen molar-refractivity contribution in [1.29, 1.82) is 0 Å². The van der Waals surface area contributed by atoms with Crippen LogP contribution >= 0.6 is 7.92 Å². The van der Waals surface area contributed by atoms with E-state index in [0.29, 0.717) is 0 Å². The molecule has 3 radical (unpaired) electrons. The fourth-order valence-corrected chi connectivity index (χ4v) is 3.98. The van der Waals surface area contributed by atoms with E-state index in [1.54, 1.807) is 0 Å². The van der Waals surface area contributed by atoms with Crippen LogP contribution < -0.4 is 35.4 Å². The van der Waals surface area contributed by atoms with Crippen LogP contribution in [-0.4, -0.2) is 30.1 Å². The van der Waals surface area contributed by atoms with E-state index in [2.05, 4.69) is 67.6 Å².